The molecule has 2 aliphatic rings. The summed E-state index contributed by atoms with van der Waals surface area (Å²) in [7, 11) is 1.71. The first-order chi connectivity index (χ1) is 8.60. The van der Waals surface area contributed by atoms with E-state index in [2.05, 4.69) is 5.32 Å². The fourth-order valence-corrected chi connectivity index (χ4v) is 2.42. The number of carbonyl (C=O) groups excluding carboxylic acids is 1. The van der Waals surface area contributed by atoms with Gasteiger partial charge in [-0.1, -0.05) is 0 Å². The number of hydrogen-bond acceptors (Lipinski definition) is 4. The molecule has 2 fully saturated rings. The van der Waals surface area contributed by atoms with Crippen LogP contribution in [0.2, 0.25) is 0 Å². The lowest BCUT2D eigenvalue weighted by atomic mass is 9.90. The molecule has 1 heterocycles. The van der Waals surface area contributed by atoms with Crippen LogP contribution in [-0.4, -0.2) is 44.9 Å². The largest absolute Gasteiger partial charge is 0.385 e. The highest BCUT2D eigenvalue weighted by atomic mass is 16.5. The van der Waals surface area contributed by atoms with Gasteiger partial charge in [-0.2, -0.15) is 0 Å². The number of nitrogens with two attached hydrogens (primary N) is 1. The van der Waals surface area contributed by atoms with Crippen LogP contribution in [0, 0.1) is 5.41 Å². The average molecular weight is 256 g/mol. The van der Waals surface area contributed by atoms with E-state index < -0.39 is 5.54 Å². The molecule has 0 radical (unpaired) electrons. The van der Waals surface area contributed by atoms with Crippen LogP contribution in [0.4, 0.5) is 0 Å². The van der Waals surface area contributed by atoms with Crippen molar-refractivity contribution in [2.24, 2.45) is 11.1 Å². The van der Waals surface area contributed by atoms with Crippen molar-refractivity contribution in [2.45, 2.75) is 37.6 Å². The molecule has 1 amide bonds. The molecule has 5 nitrogen and oxygen atoms in total. The summed E-state index contributed by atoms with van der Waals surface area (Å²) in [5, 5.41) is 3.03. The van der Waals surface area contributed by atoms with Gasteiger partial charge in [0, 0.05) is 33.5 Å². The second-order valence-corrected chi connectivity index (χ2v) is 5.69. The third kappa shape index (κ3) is 3.22. The number of ether oxygens (including phenoxy) is 2. The normalized spacial score (nSPS) is 24.6. The third-order valence-corrected chi connectivity index (χ3v) is 4.25. The summed E-state index contributed by atoms with van der Waals surface area (Å²) in [4.78, 5) is 12.1. The summed E-state index contributed by atoms with van der Waals surface area (Å²) in [6.45, 7) is 2.66. The first kappa shape index (κ1) is 13.8. The van der Waals surface area contributed by atoms with Crippen LogP contribution >= 0.6 is 0 Å². The molecule has 1 aliphatic carbocycles. The summed E-state index contributed by atoms with van der Waals surface area (Å²) in [6, 6.07) is 0. The zero-order chi connectivity index (χ0) is 13.1. The van der Waals surface area contributed by atoms with Crippen LogP contribution in [0.3, 0.4) is 0 Å². The zero-order valence-corrected chi connectivity index (χ0v) is 11.2. The van der Waals surface area contributed by atoms with Gasteiger partial charge in [0.1, 0.15) is 0 Å². The molecule has 0 atom stereocenters. The summed E-state index contributed by atoms with van der Waals surface area (Å²) in [6.07, 6.45) is 4.60. The highest BCUT2D eigenvalue weighted by Crippen LogP contribution is 2.48. The number of hydrogen-bond donors (Lipinski definition) is 2. The van der Waals surface area contributed by atoms with E-state index in [9.17, 15) is 4.79 Å². The molecule has 18 heavy (non-hydrogen) atoms. The van der Waals surface area contributed by atoms with Gasteiger partial charge >= 0.3 is 0 Å². The second kappa shape index (κ2) is 5.55. The second-order valence-electron chi connectivity index (χ2n) is 5.69. The molecule has 0 bridgehead atoms. The Bertz CT molecular complexity index is 297. The highest BCUT2D eigenvalue weighted by molar-refractivity contribution is 5.86. The molecular weight excluding hydrogens is 232 g/mol. The van der Waals surface area contributed by atoms with Crippen LogP contribution < -0.4 is 11.1 Å². The van der Waals surface area contributed by atoms with Gasteiger partial charge in [-0.25, -0.2) is 0 Å². The van der Waals surface area contributed by atoms with Gasteiger partial charge in [0.25, 0.3) is 0 Å². The van der Waals surface area contributed by atoms with Crippen LogP contribution in [-0.2, 0) is 14.3 Å². The Balaban J connectivity index is 1.77. The summed E-state index contributed by atoms with van der Waals surface area (Å²) >= 11 is 0. The topological polar surface area (TPSA) is 73.6 Å². The molecule has 3 N–H and O–H groups in total. The molecule has 1 aliphatic heterocycles. The molecule has 0 aromatic rings. The lowest BCUT2D eigenvalue weighted by Gasteiger charge is -2.32. The SMILES string of the molecule is COCCC1(CNC(=O)C2(N)CCOCC2)CC1. The van der Waals surface area contributed by atoms with Crippen LogP contribution in [0.25, 0.3) is 0 Å². The van der Waals surface area contributed by atoms with Crippen molar-refractivity contribution in [3.05, 3.63) is 0 Å². The Hall–Kier alpha value is -0.650. The Kier molecular flexibility index (Phi) is 4.25. The van der Waals surface area contributed by atoms with Gasteiger partial charge in [0.2, 0.25) is 5.91 Å². The van der Waals surface area contributed by atoms with Crippen molar-refractivity contribution in [3.63, 3.8) is 0 Å². The van der Waals surface area contributed by atoms with Gasteiger partial charge in [-0.3, -0.25) is 4.79 Å². The standard InChI is InChI=1S/C13H24N2O3/c1-17-7-4-12(2-3-12)10-15-11(16)13(14)5-8-18-9-6-13/h2-10,14H2,1H3,(H,15,16). The lowest BCUT2D eigenvalue weighted by molar-refractivity contribution is -0.130. The molecule has 5 heteroatoms. The predicted molar refractivity (Wildman–Crippen MR) is 68.1 cm³/mol. The molecule has 2 rings (SSSR count). The maximum absolute atomic E-state index is 12.1. The summed E-state index contributed by atoms with van der Waals surface area (Å²) < 4.78 is 10.4. The smallest absolute Gasteiger partial charge is 0.240 e. The van der Waals surface area contributed by atoms with E-state index in [1.165, 1.54) is 12.8 Å². The number of methoxy groups -OCH3 is 1. The van der Waals surface area contributed by atoms with Gasteiger partial charge in [-0.15, -0.1) is 0 Å². The fraction of sp³-hybridized carbons (Fsp3) is 0.923. The predicted octanol–water partition coefficient (Wildman–Crippen LogP) is 0.427. The number of rotatable bonds is 6. The summed E-state index contributed by atoms with van der Waals surface area (Å²) in [5.41, 5.74) is 5.68. The highest BCUT2D eigenvalue weighted by Gasteiger charge is 2.44. The molecule has 104 valence electrons. The van der Waals surface area contributed by atoms with Crippen molar-refractivity contribution >= 4 is 5.91 Å². The minimum Gasteiger partial charge on any atom is -0.385 e. The maximum Gasteiger partial charge on any atom is 0.240 e. The minimum absolute atomic E-state index is 0.0190. The van der Waals surface area contributed by atoms with Crippen molar-refractivity contribution in [1.82, 2.24) is 5.32 Å². The average Bonchev–Trinajstić information content (AvgIpc) is 3.15. The van der Waals surface area contributed by atoms with E-state index in [1.54, 1.807) is 7.11 Å². The fourth-order valence-electron chi connectivity index (χ4n) is 2.42. The Morgan fingerprint density at radius 2 is 2.00 bits per heavy atom. The van der Waals surface area contributed by atoms with Crippen molar-refractivity contribution < 1.29 is 14.3 Å². The monoisotopic (exact) mass is 256 g/mol. The zero-order valence-electron chi connectivity index (χ0n) is 11.2. The van der Waals surface area contributed by atoms with Crippen molar-refractivity contribution in [3.8, 4) is 0 Å². The first-order valence-electron chi connectivity index (χ1n) is 6.74. The summed E-state index contributed by atoms with van der Waals surface area (Å²) in [5.74, 6) is -0.0190. The van der Waals surface area contributed by atoms with Crippen molar-refractivity contribution in [2.75, 3.05) is 33.5 Å². The van der Waals surface area contributed by atoms with E-state index in [1.807, 2.05) is 0 Å². The Morgan fingerprint density at radius 1 is 1.33 bits per heavy atom. The first-order valence-corrected chi connectivity index (χ1v) is 6.74. The Labute approximate surface area is 108 Å². The van der Waals surface area contributed by atoms with Crippen molar-refractivity contribution in [1.29, 1.82) is 0 Å². The van der Waals surface area contributed by atoms with Gasteiger partial charge in [-0.05, 0) is 37.5 Å². The molecule has 1 saturated carbocycles. The Morgan fingerprint density at radius 3 is 2.56 bits per heavy atom. The van der Waals surface area contributed by atoms with E-state index >= 15 is 0 Å². The van der Waals surface area contributed by atoms with Crippen LogP contribution in [0.5, 0.6) is 0 Å². The van der Waals surface area contributed by atoms with Gasteiger partial charge < -0.3 is 20.5 Å². The molecule has 0 aromatic heterocycles. The molecule has 0 unspecified atom stereocenters. The molecular formula is C13H24N2O3. The van der Waals surface area contributed by atoms with Gasteiger partial charge in [0.05, 0.1) is 5.54 Å². The van der Waals surface area contributed by atoms with E-state index in [4.69, 9.17) is 15.2 Å². The molecule has 1 saturated heterocycles. The van der Waals surface area contributed by atoms with Crippen LogP contribution in [0.1, 0.15) is 32.1 Å². The van der Waals surface area contributed by atoms with E-state index in [-0.39, 0.29) is 11.3 Å². The number of amides is 1. The minimum atomic E-state index is -0.727. The molecule has 0 spiro atoms. The van der Waals surface area contributed by atoms with Gasteiger partial charge in [0.15, 0.2) is 0 Å². The van der Waals surface area contributed by atoms with E-state index in [0.717, 1.165) is 19.6 Å². The molecule has 0 aromatic carbocycles. The third-order valence-electron chi connectivity index (χ3n) is 4.25. The lowest BCUT2D eigenvalue weighted by Crippen LogP contribution is -2.57. The van der Waals surface area contributed by atoms with Crippen LogP contribution in [0.15, 0.2) is 0 Å². The van der Waals surface area contributed by atoms with E-state index in [0.29, 0.717) is 26.1 Å². The number of carbonyl (C=O) groups is 1. The quantitative estimate of drug-likeness (QED) is 0.722. The maximum atomic E-state index is 12.1. The number of nitrogens with one attached hydrogen (secondary N) is 1.